The van der Waals surface area contributed by atoms with Crippen LogP contribution in [0.2, 0.25) is 0 Å². The minimum absolute atomic E-state index is 0.0973. The summed E-state index contributed by atoms with van der Waals surface area (Å²) in [4.78, 5) is 0. The minimum Gasteiger partial charge on any atom is -0.411 e. The zero-order valence-electron chi connectivity index (χ0n) is 10.2. The number of hydrogen-bond acceptors (Lipinski definition) is 5. The van der Waals surface area contributed by atoms with Crippen molar-refractivity contribution in [1.29, 1.82) is 0 Å². The van der Waals surface area contributed by atoms with Gasteiger partial charge in [-0.2, -0.15) is 8.42 Å². The average molecular weight is 253 g/mol. The van der Waals surface area contributed by atoms with Crippen molar-refractivity contribution < 1.29 is 22.4 Å². The van der Waals surface area contributed by atoms with Crippen molar-refractivity contribution in [3.63, 3.8) is 0 Å². The predicted octanol–water partition coefficient (Wildman–Crippen LogP) is 1.85. The topological polar surface area (TPSA) is 96.2 Å². The molecule has 0 saturated heterocycles. The Balaban J connectivity index is 5.68. The van der Waals surface area contributed by atoms with Gasteiger partial charge in [0.25, 0.3) is 0 Å². The zero-order chi connectivity index (χ0) is 13.2. The van der Waals surface area contributed by atoms with Gasteiger partial charge in [-0.25, -0.2) is 4.18 Å². The van der Waals surface area contributed by atoms with Crippen molar-refractivity contribution in [2.24, 2.45) is 10.6 Å². The number of hydrogen-bond donors (Lipinski definition) is 2. The van der Waals surface area contributed by atoms with Gasteiger partial charge in [0.15, 0.2) is 0 Å². The van der Waals surface area contributed by atoms with Gasteiger partial charge < -0.3 is 5.21 Å². The highest BCUT2D eigenvalue weighted by Gasteiger charge is 2.48. The van der Waals surface area contributed by atoms with Crippen LogP contribution in [-0.2, 0) is 14.6 Å². The third kappa shape index (κ3) is 3.16. The summed E-state index contributed by atoms with van der Waals surface area (Å²) in [6, 6.07) is 0. The Kier molecular flexibility index (Phi) is 4.49. The molecule has 0 aromatic carbocycles. The summed E-state index contributed by atoms with van der Waals surface area (Å²) >= 11 is 0. The molecule has 2 N–H and O–H groups in total. The summed E-state index contributed by atoms with van der Waals surface area (Å²) in [7, 11) is -4.62. The zero-order valence-corrected chi connectivity index (χ0v) is 11.0. The largest absolute Gasteiger partial charge is 0.411 e. The second-order valence-corrected chi connectivity index (χ2v) is 5.65. The minimum atomic E-state index is -4.62. The fourth-order valence-corrected chi connectivity index (χ4v) is 2.68. The highest BCUT2D eigenvalue weighted by atomic mass is 32.3. The molecule has 0 spiro atoms. The first-order valence-electron chi connectivity index (χ1n) is 4.87. The molecule has 0 aromatic rings. The molecule has 0 aromatic heterocycles. The van der Waals surface area contributed by atoms with Gasteiger partial charge in [0.05, 0.1) is 5.71 Å². The molecule has 7 heteroatoms. The quantitative estimate of drug-likeness (QED) is 0.345. The van der Waals surface area contributed by atoms with Crippen LogP contribution >= 0.6 is 0 Å². The maximum atomic E-state index is 10.9. The number of rotatable bonds is 4. The Morgan fingerprint density at radius 3 is 2.00 bits per heavy atom. The van der Waals surface area contributed by atoms with Gasteiger partial charge in [-0.3, -0.25) is 4.55 Å². The second-order valence-electron chi connectivity index (χ2n) is 4.63. The SMILES string of the molecule is CCC(OS(=O)(=O)O)(/C(C)=N/O)C(C)(C)C. The molecule has 16 heavy (non-hydrogen) atoms. The average Bonchev–Trinajstić information content (AvgIpc) is 2.09. The van der Waals surface area contributed by atoms with Crippen LogP contribution in [0.1, 0.15) is 41.0 Å². The Morgan fingerprint density at radius 1 is 1.38 bits per heavy atom. The lowest BCUT2D eigenvalue weighted by Gasteiger charge is -2.41. The molecule has 96 valence electrons. The smallest absolute Gasteiger partial charge is 0.398 e. The summed E-state index contributed by atoms with van der Waals surface area (Å²) in [5.74, 6) is 0. The van der Waals surface area contributed by atoms with E-state index in [0.29, 0.717) is 0 Å². The molecular weight excluding hydrogens is 234 g/mol. The van der Waals surface area contributed by atoms with Gasteiger partial charge >= 0.3 is 10.4 Å². The lowest BCUT2D eigenvalue weighted by Crippen LogP contribution is -2.52. The predicted molar refractivity (Wildman–Crippen MR) is 60.0 cm³/mol. The van der Waals surface area contributed by atoms with Gasteiger partial charge in [-0.05, 0) is 18.8 Å². The fourth-order valence-electron chi connectivity index (χ4n) is 1.83. The number of nitrogens with zero attached hydrogens (tertiary/aromatic N) is 1. The van der Waals surface area contributed by atoms with Gasteiger partial charge in [0.2, 0.25) is 0 Å². The molecule has 0 amide bonds. The van der Waals surface area contributed by atoms with E-state index in [-0.39, 0.29) is 12.1 Å². The third-order valence-corrected chi connectivity index (χ3v) is 3.19. The van der Waals surface area contributed by atoms with E-state index in [1.807, 2.05) is 0 Å². The first-order valence-corrected chi connectivity index (χ1v) is 6.24. The first kappa shape index (κ1) is 15.3. The Morgan fingerprint density at radius 2 is 1.81 bits per heavy atom. The van der Waals surface area contributed by atoms with Gasteiger partial charge in [-0.1, -0.05) is 32.9 Å². The maximum Gasteiger partial charge on any atom is 0.398 e. The van der Waals surface area contributed by atoms with E-state index in [1.54, 1.807) is 27.7 Å². The molecular formula is C9H19NO5S. The Hall–Kier alpha value is -0.660. The molecule has 1 unspecified atom stereocenters. The molecule has 0 aliphatic rings. The monoisotopic (exact) mass is 253 g/mol. The molecule has 0 rings (SSSR count). The summed E-state index contributed by atoms with van der Waals surface area (Å²) in [5.41, 5.74) is -1.93. The second kappa shape index (κ2) is 4.68. The maximum absolute atomic E-state index is 10.9. The van der Waals surface area contributed by atoms with Crippen LogP contribution in [0.5, 0.6) is 0 Å². The van der Waals surface area contributed by atoms with Crippen LogP contribution in [0.25, 0.3) is 0 Å². The van der Waals surface area contributed by atoms with Crippen LogP contribution in [0, 0.1) is 5.41 Å². The van der Waals surface area contributed by atoms with Gasteiger partial charge in [0, 0.05) is 0 Å². The summed E-state index contributed by atoms with van der Waals surface area (Å²) in [5, 5.41) is 11.8. The Bertz CT molecular complexity index is 368. The van der Waals surface area contributed by atoms with Crippen molar-refractivity contribution in [3.05, 3.63) is 0 Å². The molecule has 0 heterocycles. The summed E-state index contributed by atoms with van der Waals surface area (Å²) in [6.45, 7) is 8.33. The van der Waals surface area contributed by atoms with Crippen LogP contribution in [0.15, 0.2) is 5.16 Å². The van der Waals surface area contributed by atoms with E-state index in [4.69, 9.17) is 13.9 Å². The van der Waals surface area contributed by atoms with E-state index >= 15 is 0 Å². The van der Waals surface area contributed by atoms with Gasteiger partial charge in [-0.15, -0.1) is 0 Å². The molecule has 0 fully saturated rings. The van der Waals surface area contributed by atoms with E-state index in [2.05, 4.69) is 5.16 Å². The molecule has 0 radical (unpaired) electrons. The fraction of sp³-hybridized carbons (Fsp3) is 0.889. The highest BCUT2D eigenvalue weighted by Crippen LogP contribution is 2.39. The van der Waals surface area contributed by atoms with Crippen molar-refractivity contribution in [2.75, 3.05) is 0 Å². The molecule has 1 atom stereocenters. The third-order valence-electron chi connectivity index (χ3n) is 2.69. The molecule has 0 bridgehead atoms. The Labute approximate surface area is 96.3 Å². The van der Waals surface area contributed by atoms with E-state index in [9.17, 15) is 8.42 Å². The van der Waals surface area contributed by atoms with Crippen LogP contribution in [0.3, 0.4) is 0 Å². The van der Waals surface area contributed by atoms with E-state index < -0.39 is 21.4 Å². The van der Waals surface area contributed by atoms with Crippen molar-refractivity contribution >= 4 is 16.1 Å². The van der Waals surface area contributed by atoms with Crippen molar-refractivity contribution in [3.8, 4) is 0 Å². The van der Waals surface area contributed by atoms with Crippen LogP contribution in [0.4, 0.5) is 0 Å². The number of oxime groups is 1. The van der Waals surface area contributed by atoms with E-state index in [1.165, 1.54) is 6.92 Å². The molecule has 0 saturated carbocycles. The normalized spacial score (nSPS) is 18.2. The molecule has 0 aliphatic heterocycles. The lowest BCUT2D eigenvalue weighted by atomic mass is 9.72. The van der Waals surface area contributed by atoms with Crippen LogP contribution in [-0.4, -0.2) is 29.5 Å². The van der Waals surface area contributed by atoms with Crippen molar-refractivity contribution in [1.82, 2.24) is 0 Å². The van der Waals surface area contributed by atoms with Gasteiger partial charge in [0.1, 0.15) is 5.60 Å². The lowest BCUT2D eigenvalue weighted by molar-refractivity contribution is 0.0191. The first-order chi connectivity index (χ1) is 7.00. The summed E-state index contributed by atoms with van der Waals surface area (Å²) < 4.78 is 35.3. The molecule has 6 nitrogen and oxygen atoms in total. The van der Waals surface area contributed by atoms with Crippen molar-refractivity contribution in [2.45, 2.75) is 46.6 Å². The molecule has 0 aliphatic carbocycles. The standard InChI is InChI=1S/C9H19NO5S/c1-6-9(7(2)10-11,8(3,4)5)15-16(12,13)14/h11H,6H2,1-5H3,(H,12,13,14)/b10-7+. The van der Waals surface area contributed by atoms with E-state index in [0.717, 1.165) is 0 Å². The van der Waals surface area contributed by atoms with Crippen LogP contribution < -0.4 is 0 Å². The highest BCUT2D eigenvalue weighted by molar-refractivity contribution is 7.81. The summed E-state index contributed by atoms with van der Waals surface area (Å²) in [6.07, 6.45) is 0.242.